The molecule has 0 saturated carbocycles. The summed E-state index contributed by atoms with van der Waals surface area (Å²) in [5.74, 6) is -2.50. The molecule has 1 aromatic heterocycles. The second-order valence-electron chi connectivity index (χ2n) is 11.4. The van der Waals surface area contributed by atoms with E-state index in [4.69, 9.17) is 14.2 Å². The summed E-state index contributed by atoms with van der Waals surface area (Å²) in [5.41, 5.74) is 1.45. The van der Waals surface area contributed by atoms with Crippen LogP contribution in [0, 0.1) is 11.3 Å². The van der Waals surface area contributed by atoms with Crippen LogP contribution < -0.4 is 0 Å². The molecule has 44 heavy (non-hydrogen) atoms. The lowest BCUT2D eigenvalue weighted by Crippen LogP contribution is -2.74. The Balaban J connectivity index is 1.51. The maximum absolute atomic E-state index is 13.9. The number of likely N-dealkylation sites (N-methyl/N-ethyl adjacent to an activating group) is 1. The van der Waals surface area contributed by atoms with Crippen molar-refractivity contribution < 1.29 is 38.2 Å². The molecule has 1 aromatic rings. The summed E-state index contributed by atoms with van der Waals surface area (Å²) in [6, 6.07) is 1.62. The summed E-state index contributed by atoms with van der Waals surface area (Å²) >= 11 is 0. The summed E-state index contributed by atoms with van der Waals surface area (Å²) < 4.78 is 16.4. The Kier molecular flexibility index (Phi) is 7.18. The highest BCUT2D eigenvalue weighted by Crippen LogP contribution is 2.49. The quantitative estimate of drug-likeness (QED) is 0.355. The number of carbonyl (C=O) groups is 5. The van der Waals surface area contributed by atoms with Gasteiger partial charge in [0.15, 0.2) is 23.1 Å². The van der Waals surface area contributed by atoms with Crippen LogP contribution in [0.25, 0.3) is 0 Å². The lowest BCUT2D eigenvalue weighted by Gasteiger charge is -2.60. The van der Waals surface area contributed by atoms with Gasteiger partial charge in [0.05, 0.1) is 37.9 Å². The second-order valence-corrected chi connectivity index (χ2v) is 11.4. The number of esters is 1. The van der Waals surface area contributed by atoms with Gasteiger partial charge >= 0.3 is 5.97 Å². The van der Waals surface area contributed by atoms with Crippen LogP contribution in [0.1, 0.15) is 37.0 Å². The zero-order valence-corrected chi connectivity index (χ0v) is 24.9. The van der Waals surface area contributed by atoms with Crippen molar-refractivity contribution in [1.82, 2.24) is 14.8 Å². The Morgan fingerprint density at radius 3 is 2.11 bits per heavy atom. The molecule has 2 aliphatic carbocycles. The van der Waals surface area contributed by atoms with E-state index in [-0.39, 0.29) is 70.2 Å². The number of hydrogen-bond acceptors (Lipinski definition) is 12. The number of methoxy groups -OCH3 is 2. The Bertz CT molecular complexity index is 1710. The number of fused-ring (bicyclic) bond motifs is 5. The van der Waals surface area contributed by atoms with Gasteiger partial charge < -0.3 is 14.2 Å². The molecule has 6 rings (SSSR count). The molecule has 0 amide bonds. The Morgan fingerprint density at radius 1 is 0.955 bits per heavy atom. The third-order valence-electron chi connectivity index (χ3n) is 9.48. The van der Waals surface area contributed by atoms with Crippen molar-refractivity contribution in [2.75, 3.05) is 27.9 Å². The minimum absolute atomic E-state index is 0.0183. The third-order valence-corrected chi connectivity index (χ3v) is 9.48. The first-order valence-electron chi connectivity index (χ1n) is 14.2. The van der Waals surface area contributed by atoms with Gasteiger partial charge in [-0.2, -0.15) is 5.26 Å². The fourth-order valence-corrected chi connectivity index (χ4v) is 7.50. The van der Waals surface area contributed by atoms with E-state index in [0.29, 0.717) is 5.57 Å². The molecule has 5 aliphatic rings. The highest BCUT2D eigenvalue weighted by Gasteiger charge is 2.60. The number of nitriles is 1. The van der Waals surface area contributed by atoms with E-state index in [0.717, 1.165) is 0 Å². The van der Waals surface area contributed by atoms with Crippen molar-refractivity contribution >= 4 is 29.1 Å². The summed E-state index contributed by atoms with van der Waals surface area (Å²) in [6.07, 6.45) is 3.00. The zero-order chi connectivity index (χ0) is 31.6. The van der Waals surface area contributed by atoms with Crippen molar-refractivity contribution in [3.05, 3.63) is 75.0 Å². The van der Waals surface area contributed by atoms with Gasteiger partial charge in [0.2, 0.25) is 11.6 Å². The summed E-state index contributed by atoms with van der Waals surface area (Å²) in [4.78, 5) is 75.8. The van der Waals surface area contributed by atoms with Crippen molar-refractivity contribution in [2.45, 2.75) is 56.9 Å². The van der Waals surface area contributed by atoms with Gasteiger partial charge in [0.1, 0.15) is 12.6 Å². The van der Waals surface area contributed by atoms with Crippen LogP contribution >= 0.6 is 0 Å². The van der Waals surface area contributed by atoms with E-state index >= 15 is 0 Å². The molecule has 2 bridgehead atoms. The Morgan fingerprint density at radius 2 is 1.55 bits per heavy atom. The molecule has 4 heterocycles. The van der Waals surface area contributed by atoms with Crippen LogP contribution in [0.15, 0.2) is 69.5 Å². The average molecular weight is 599 g/mol. The van der Waals surface area contributed by atoms with Crippen molar-refractivity contribution in [2.24, 2.45) is 0 Å². The number of aromatic nitrogens is 1. The smallest absolute Gasteiger partial charge is 0.339 e. The van der Waals surface area contributed by atoms with Crippen molar-refractivity contribution in [3.8, 4) is 6.07 Å². The van der Waals surface area contributed by atoms with Gasteiger partial charge in [-0.15, -0.1) is 0 Å². The normalized spacial score (nSPS) is 28.9. The lowest BCUT2D eigenvalue weighted by molar-refractivity contribution is -0.126. The lowest BCUT2D eigenvalue weighted by atomic mass is 9.67. The molecule has 1 fully saturated rings. The van der Waals surface area contributed by atoms with E-state index < -0.39 is 53.5 Å². The first kappa shape index (κ1) is 29.3. The van der Waals surface area contributed by atoms with Gasteiger partial charge in [-0.05, 0) is 45.9 Å². The molecule has 0 unspecified atom stereocenters. The Labute approximate surface area is 253 Å². The topological polar surface area (TPSA) is 156 Å². The van der Waals surface area contributed by atoms with Crippen LogP contribution in [0.3, 0.4) is 0 Å². The van der Waals surface area contributed by atoms with E-state index in [1.165, 1.54) is 39.6 Å². The number of ether oxygens (including phenoxy) is 3. The third kappa shape index (κ3) is 4.03. The molecular weight excluding hydrogens is 568 g/mol. The summed E-state index contributed by atoms with van der Waals surface area (Å²) in [7, 11) is 4.43. The van der Waals surface area contributed by atoms with Gasteiger partial charge in [-0.1, -0.05) is 0 Å². The fraction of sp³-hybridized carbons (Fsp3) is 0.406. The second kappa shape index (κ2) is 10.8. The maximum atomic E-state index is 13.9. The fourth-order valence-electron chi connectivity index (χ4n) is 7.50. The van der Waals surface area contributed by atoms with E-state index in [9.17, 15) is 29.2 Å². The molecule has 226 valence electrons. The minimum Gasteiger partial charge on any atom is -0.492 e. The van der Waals surface area contributed by atoms with Gasteiger partial charge in [0.25, 0.3) is 0 Å². The van der Waals surface area contributed by atoms with Gasteiger partial charge in [-0.3, -0.25) is 34.0 Å². The number of pyridine rings is 1. The number of ketones is 4. The predicted molar refractivity (Wildman–Crippen MR) is 151 cm³/mol. The summed E-state index contributed by atoms with van der Waals surface area (Å²) in [5, 5.41) is 10.6. The molecule has 1 saturated heterocycles. The SMILES string of the molecule is COC1=C(C)C(=O)C2=C(C1=O)[C@@H]1[C@@H]3CC4=C(C(=O)C(OC)=C(C)C4=O)[C@H](COC(=O)c4cccnc4)N3[C@@H](C#N)[C@H](C2)N1C. The van der Waals surface area contributed by atoms with Crippen LogP contribution in [0.5, 0.6) is 0 Å². The first-order chi connectivity index (χ1) is 21.1. The molecule has 3 aliphatic heterocycles. The molecule has 0 N–H and O–H groups in total. The van der Waals surface area contributed by atoms with Gasteiger partial charge in [0, 0.05) is 57.9 Å². The highest BCUT2D eigenvalue weighted by atomic mass is 16.5. The molecule has 0 aromatic carbocycles. The van der Waals surface area contributed by atoms with E-state index in [1.807, 2.05) is 4.90 Å². The zero-order valence-electron chi connectivity index (χ0n) is 24.9. The van der Waals surface area contributed by atoms with Gasteiger partial charge in [-0.25, -0.2) is 4.79 Å². The Hall–Kier alpha value is -4.73. The monoisotopic (exact) mass is 598 g/mol. The minimum atomic E-state index is -1.02. The number of piperazine rings is 1. The standard InChI is InChI=1S/C32H30N4O8/c1-14-26(37)17-10-20-25-24-18(27(38)15(2)31(43-5)29(24)40)9-19(35(25)3)21(11-33)36(20)22(23(17)28(39)30(14)42-4)13-44-32(41)16-7-6-8-34-12-16/h6-8,12,19-22,25H,9-10,13H2,1-5H3/t19-,20-,21-,22-,25-/m0/s1. The maximum Gasteiger partial charge on any atom is 0.339 e. The summed E-state index contributed by atoms with van der Waals surface area (Å²) in [6.45, 7) is 2.70. The molecule has 12 heteroatoms. The predicted octanol–water partition coefficient (Wildman–Crippen LogP) is 1.40. The number of rotatable bonds is 5. The highest BCUT2D eigenvalue weighted by molar-refractivity contribution is 6.26. The molecular formula is C32H30N4O8. The van der Waals surface area contributed by atoms with Crippen LogP contribution in [-0.4, -0.2) is 102 Å². The number of carbonyl (C=O) groups excluding carboxylic acids is 5. The molecule has 5 atom stereocenters. The average Bonchev–Trinajstić information content (AvgIpc) is 3.02. The van der Waals surface area contributed by atoms with E-state index in [2.05, 4.69) is 11.1 Å². The van der Waals surface area contributed by atoms with Crippen molar-refractivity contribution in [1.29, 1.82) is 5.26 Å². The number of hydrogen-bond donors (Lipinski definition) is 0. The number of allylic oxidation sites excluding steroid dienone is 4. The number of Topliss-reactive ketones (excluding diaryl/α,β-unsaturated/α-hetero) is 4. The number of nitrogens with zero attached hydrogens (tertiary/aromatic N) is 4. The van der Waals surface area contributed by atoms with Crippen molar-refractivity contribution in [3.63, 3.8) is 0 Å². The van der Waals surface area contributed by atoms with Crippen LogP contribution in [0.4, 0.5) is 0 Å². The first-order valence-corrected chi connectivity index (χ1v) is 14.2. The van der Waals surface area contributed by atoms with E-state index in [1.54, 1.807) is 24.9 Å². The largest absolute Gasteiger partial charge is 0.492 e. The molecule has 0 spiro atoms. The van der Waals surface area contributed by atoms with Crippen LogP contribution in [-0.2, 0) is 33.4 Å². The van der Waals surface area contributed by atoms with Crippen LogP contribution in [0.2, 0.25) is 0 Å². The molecule has 0 radical (unpaired) electrons. The molecule has 12 nitrogen and oxygen atoms in total.